The van der Waals surface area contributed by atoms with E-state index in [0.717, 1.165) is 29.4 Å². The van der Waals surface area contributed by atoms with Gasteiger partial charge in [0.25, 0.3) is 5.91 Å². The molecule has 0 bridgehead atoms. The second-order valence-electron chi connectivity index (χ2n) is 5.55. The lowest BCUT2D eigenvalue weighted by Gasteiger charge is -2.30. The van der Waals surface area contributed by atoms with Crippen molar-refractivity contribution in [1.82, 2.24) is 14.6 Å². The van der Waals surface area contributed by atoms with E-state index < -0.39 is 0 Å². The van der Waals surface area contributed by atoms with E-state index in [4.69, 9.17) is 4.74 Å². The van der Waals surface area contributed by atoms with Gasteiger partial charge in [-0.15, -0.1) is 0 Å². The molecular formula is C16H17N5O2S. The van der Waals surface area contributed by atoms with Gasteiger partial charge < -0.3 is 15.0 Å². The zero-order valence-electron chi connectivity index (χ0n) is 13.2. The average molecular weight is 343 g/mol. The molecule has 1 aliphatic heterocycles. The molecule has 124 valence electrons. The van der Waals surface area contributed by atoms with Crippen molar-refractivity contribution in [3.63, 3.8) is 0 Å². The maximum Gasteiger partial charge on any atom is 0.276 e. The number of hydrogen-bond donors (Lipinski definition) is 1. The first-order chi connectivity index (χ1) is 11.7. The Kier molecular flexibility index (Phi) is 3.91. The Labute approximate surface area is 142 Å². The number of carbonyl (C=O) groups is 1. The molecule has 0 unspecified atom stereocenters. The summed E-state index contributed by atoms with van der Waals surface area (Å²) in [6.45, 7) is 4.85. The lowest BCUT2D eigenvalue weighted by Crippen LogP contribution is -2.36. The van der Waals surface area contributed by atoms with Gasteiger partial charge in [-0.25, -0.2) is 4.98 Å². The van der Waals surface area contributed by atoms with E-state index in [0.29, 0.717) is 24.6 Å². The summed E-state index contributed by atoms with van der Waals surface area (Å²) in [6, 6.07) is 7.82. The van der Waals surface area contributed by atoms with Gasteiger partial charge in [0, 0.05) is 13.1 Å². The summed E-state index contributed by atoms with van der Waals surface area (Å²) < 4.78 is 7.00. The van der Waals surface area contributed by atoms with Gasteiger partial charge in [-0.2, -0.15) is 9.61 Å². The molecule has 1 N–H and O–H groups in total. The highest BCUT2D eigenvalue weighted by molar-refractivity contribution is 7.14. The van der Waals surface area contributed by atoms with Gasteiger partial charge in [0.15, 0.2) is 5.69 Å². The number of aryl methyl sites for hydroxylation is 1. The van der Waals surface area contributed by atoms with Crippen molar-refractivity contribution < 1.29 is 9.53 Å². The van der Waals surface area contributed by atoms with Crippen LogP contribution in [0, 0.1) is 6.92 Å². The molecule has 1 aliphatic rings. The molecule has 2 aromatic heterocycles. The Bertz CT molecular complexity index is 882. The van der Waals surface area contributed by atoms with E-state index in [1.54, 1.807) is 10.0 Å². The number of imidazole rings is 1. The summed E-state index contributed by atoms with van der Waals surface area (Å²) in [4.78, 5) is 20.1. The predicted molar refractivity (Wildman–Crippen MR) is 93.0 cm³/mol. The Morgan fingerprint density at radius 1 is 1.29 bits per heavy atom. The zero-order valence-corrected chi connectivity index (χ0v) is 14.0. The first-order valence-corrected chi connectivity index (χ1v) is 8.64. The van der Waals surface area contributed by atoms with Gasteiger partial charge >= 0.3 is 0 Å². The molecule has 1 saturated heterocycles. The van der Waals surface area contributed by atoms with Gasteiger partial charge in [-0.1, -0.05) is 23.5 Å². The number of fused-ring (bicyclic) bond motifs is 1. The third-order valence-corrected chi connectivity index (χ3v) is 4.71. The molecule has 3 heterocycles. The van der Waals surface area contributed by atoms with Crippen molar-refractivity contribution in [2.75, 3.05) is 36.5 Å². The minimum absolute atomic E-state index is 0.202. The van der Waals surface area contributed by atoms with E-state index in [1.165, 1.54) is 11.3 Å². The van der Waals surface area contributed by atoms with Crippen LogP contribution in [0.5, 0.6) is 0 Å². The van der Waals surface area contributed by atoms with E-state index in [-0.39, 0.29) is 5.91 Å². The molecule has 0 atom stereocenters. The highest BCUT2D eigenvalue weighted by Gasteiger charge is 2.21. The standard InChI is InChI=1S/C16H17N5O2S/c1-11-14(21-16(18-11)24-10-17-21)15(22)19-12-4-2-3-5-13(12)20-6-8-23-9-7-20/h2-5,10H,6-9H2,1H3,(H,19,22). The molecule has 0 spiro atoms. The van der Waals surface area contributed by atoms with Crippen LogP contribution >= 0.6 is 11.3 Å². The Morgan fingerprint density at radius 3 is 2.92 bits per heavy atom. The maximum absolute atomic E-state index is 12.8. The molecule has 3 aromatic rings. The number of amides is 1. The summed E-state index contributed by atoms with van der Waals surface area (Å²) in [5.74, 6) is -0.202. The van der Waals surface area contributed by atoms with Crippen LogP contribution in [0.2, 0.25) is 0 Å². The average Bonchev–Trinajstić information content (AvgIpc) is 3.16. The smallest absolute Gasteiger partial charge is 0.276 e. The fourth-order valence-electron chi connectivity index (χ4n) is 2.90. The van der Waals surface area contributed by atoms with E-state index >= 15 is 0 Å². The van der Waals surface area contributed by atoms with Crippen molar-refractivity contribution in [1.29, 1.82) is 0 Å². The minimum atomic E-state index is -0.202. The SMILES string of the molecule is Cc1nc2scnn2c1C(=O)Nc1ccccc1N1CCOCC1. The minimum Gasteiger partial charge on any atom is -0.378 e. The second kappa shape index (κ2) is 6.21. The molecule has 7 nitrogen and oxygen atoms in total. The topological polar surface area (TPSA) is 71.8 Å². The van der Waals surface area contributed by atoms with E-state index in [1.807, 2.05) is 31.2 Å². The van der Waals surface area contributed by atoms with E-state index in [2.05, 4.69) is 20.3 Å². The summed E-state index contributed by atoms with van der Waals surface area (Å²) >= 11 is 1.41. The summed E-state index contributed by atoms with van der Waals surface area (Å²) in [7, 11) is 0. The van der Waals surface area contributed by atoms with Crippen molar-refractivity contribution in [3.8, 4) is 0 Å². The predicted octanol–water partition coefficient (Wildman–Crippen LogP) is 2.19. The van der Waals surface area contributed by atoms with Crippen molar-refractivity contribution >= 4 is 33.6 Å². The number of aromatic nitrogens is 3. The van der Waals surface area contributed by atoms with Crippen molar-refractivity contribution in [2.45, 2.75) is 6.92 Å². The van der Waals surface area contributed by atoms with Crippen molar-refractivity contribution in [3.05, 3.63) is 41.2 Å². The molecule has 0 aliphatic carbocycles. The van der Waals surface area contributed by atoms with Crippen molar-refractivity contribution in [2.24, 2.45) is 0 Å². The van der Waals surface area contributed by atoms with Crippen LogP contribution in [-0.4, -0.2) is 46.8 Å². The number of morpholine rings is 1. The summed E-state index contributed by atoms with van der Waals surface area (Å²) in [6.07, 6.45) is 0. The maximum atomic E-state index is 12.8. The largest absolute Gasteiger partial charge is 0.378 e. The normalized spacial score (nSPS) is 15.0. The third-order valence-electron chi connectivity index (χ3n) is 4.04. The monoisotopic (exact) mass is 343 g/mol. The second-order valence-corrected chi connectivity index (χ2v) is 6.36. The zero-order chi connectivity index (χ0) is 16.5. The number of hydrogen-bond acceptors (Lipinski definition) is 6. The van der Waals surface area contributed by atoms with Gasteiger partial charge in [0.1, 0.15) is 5.51 Å². The molecular weight excluding hydrogens is 326 g/mol. The number of para-hydroxylation sites is 2. The number of nitrogens with one attached hydrogen (secondary N) is 1. The molecule has 8 heteroatoms. The molecule has 4 rings (SSSR count). The Balaban J connectivity index is 1.64. The highest BCUT2D eigenvalue weighted by atomic mass is 32.1. The quantitative estimate of drug-likeness (QED) is 0.789. The van der Waals surface area contributed by atoms with Crippen LogP contribution in [0.1, 0.15) is 16.2 Å². The molecule has 1 aromatic carbocycles. The number of carbonyl (C=O) groups excluding carboxylic acids is 1. The lowest BCUT2D eigenvalue weighted by molar-refractivity contribution is 0.102. The molecule has 24 heavy (non-hydrogen) atoms. The van der Waals surface area contributed by atoms with Crippen LogP contribution < -0.4 is 10.2 Å². The van der Waals surface area contributed by atoms with Crippen LogP contribution in [0.15, 0.2) is 29.8 Å². The highest BCUT2D eigenvalue weighted by Crippen LogP contribution is 2.27. The van der Waals surface area contributed by atoms with Gasteiger partial charge in [0.05, 0.1) is 30.3 Å². The molecule has 1 amide bonds. The number of ether oxygens (including phenoxy) is 1. The van der Waals surface area contributed by atoms with Gasteiger partial charge in [-0.3, -0.25) is 4.79 Å². The molecule has 0 radical (unpaired) electrons. The van der Waals surface area contributed by atoms with Gasteiger partial charge in [0.2, 0.25) is 4.96 Å². The number of nitrogens with zero attached hydrogens (tertiary/aromatic N) is 4. The van der Waals surface area contributed by atoms with Crippen LogP contribution in [0.25, 0.3) is 4.96 Å². The fourth-order valence-corrected chi connectivity index (χ4v) is 3.56. The third kappa shape index (κ3) is 2.63. The van der Waals surface area contributed by atoms with Crippen LogP contribution in [-0.2, 0) is 4.74 Å². The Hall–Kier alpha value is -2.45. The fraction of sp³-hybridized carbons (Fsp3) is 0.312. The lowest BCUT2D eigenvalue weighted by atomic mass is 10.2. The van der Waals surface area contributed by atoms with Gasteiger partial charge in [-0.05, 0) is 19.1 Å². The summed E-state index contributed by atoms with van der Waals surface area (Å²) in [5, 5.41) is 7.21. The molecule has 1 fully saturated rings. The van der Waals surface area contributed by atoms with E-state index in [9.17, 15) is 4.79 Å². The number of rotatable bonds is 3. The first-order valence-electron chi connectivity index (χ1n) is 7.76. The first kappa shape index (κ1) is 15.1. The van der Waals surface area contributed by atoms with Crippen LogP contribution in [0.4, 0.5) is 11.4 Å². The summed E-state index contributed by atoms with van der Waals surface area (Å²) in [5.41, 5.74) is 4.62. The number of benzene rings is 1. The van der Waals surface area contributed by atoms with Crippen LogP contribution in [0.3, 0.4) is 0 Å². The Morgan fingerprint density at radius 2 is 2.08 bits per heavy atom. The number of anilines is 2. The molecule has 0 saturated carbocycles.